The van der Waals surface area contributed by atoms with E-state index in [1.807, 2.05) is 0 Å². The molecule has 0 saturated carbocycles. The van der Waals surface area contributed by atoms with Crippen LogP contribution in [0.25, 0.3) is 0 Å². The van der Waals surface area contributed by atoms with Gasteiger partial charge in [0.05, 0.1) is 0 Å². The van der Waals surface area contributed by atoms with E-state index in [0.717, 1.165) is 0 Å². The topological polar surface area (TPSA) is 98.2 Å². The second-order valence-electron chi connectivity index (χ2n) is 0.838. The van der Waals surface area contributed by atoms with E-state index in [0.29, 0.717) is 0 Å². The molecule has 7 heavy (non-hydrogen) atoms. The standard InChI is InChI=1S/C2H5N3O2/c3-1(6)2(7)5-4/h4H2,(H2,3,6)(H,5,7). The van der Waals surface area contributed by atoms with Crippen LogP contribution in [0.5, 0.6) is 0 Å². The van der Waals surface area contributed by atoms with Gasteiger partial charge in [-0.2, -0.15) is 0 Å². The van der Waals surface area contributed by atoms with Gasteiger partial charge in [0.1, 0.15) is 0 Å². The number of nitrogens with two attached hydrogens (primary N) is 2. The first-order chi connectivity index (χ1) is 3.18. The van der Waals surface area contributed by atoms with E-state index in [9.17, 15) is 9.59 Å². The molecule has 0 saturated heterocycles. The molecule has 0 aromatic carbocycles. The third-order valence-corrected chi connectivity index (χ3v) is 0.355. The third-order valence-electron chi connectivity index (χ3n) is 0.355. The van der Waals surface area contributed by atoms with E-state index in [1.54, 1.807) is 5.43 Å². The van der Waals surface area contributed by atoms with Crippen LogP contribution in [-0.4, -0.2) is 11.8 Å². The highest BCUT2D eigenvalue weighted by molar-refractivity contribution is 6.34. The van der Waals surface area contributed by atoms with Gasteiger partial charge >= 0.3 is 11.8 Å². The monoisotopic (exact) mass is 103 g/mol. The molecule has 5 heteroatoms. The number of nitrogens with one attached hydrogen (secondary N) is 1. The second-order valence-corrected chi connectivity index (χ2v) is 0.838. The fourth-order valence-corrected chi connectivity index (χ4v) is 0.0711. The van der Waals surface area contributed by atoms with E-state index in [2.05, 4.69) is 11.6 Å². The molecule has 0 aliphatic carbocycles. The lowest BCUT2D eigenvalue weighted by atomic mass is 10.6. The zero-order valence-electron chi connectivity index (χ0n) is 3.47. The molecule has 0 atom stereocenters. The summed E-state index contributed by atoms with van der Waals surface area (Å²) in [6.07, 6.45) is 0. The van der Waals surface area contributed by atoms with Gasteiger partial charge in [-0.15, -0.1) is 0 Å². The molecular weight excluding hydrogens is 98.0 g/mol. The molecule has 0 spiro atoms. The smallest absolute Gasteiger partial charge is 0.322 e. The third kappa shape index (κ3) is 1.72. The second kappa shape index (κ2) is 2.14. The lowest BCUT2D eigenvalue weighted by Gasteiger charge is -1.86. The first-order valence-electron chi connectivity index (χ1n) is 1.49. The highest BCUT2D eigenvalue weighted by Gasteiger charge is 2.02. The Balaban J connectivity index is 3.58. The minimum Gasteiger partial charge on any atom is -0.361 e. The Labute approximate surface area is 39.6 Å². The average molecular weight is 103 g/mol. The van der Waals surface area contributed by atoms with Crippen molar-refractivity contribution in [2.75, 3.05) is 0 Å². The van der Waals surface area contributed by atoms with Crippen molar-refractivity contribution in [3.8, 4) is 0 Å². The molecule has 40 valence electrons. The molecule has 0 unspecified atom stereocenters. The van der Waals surface area contributed by atoms with Crippen LogP contribution in [0.2, 0.25) is 0 Å². The molecule has 0 radical (unpaired) electrons. The summed E-state index contributed by atoms with van der Waals surface area (Å²) in [5.41, 5.74) is 5.97. The number of amides is 2. The molecule has 0 aromatic heterocycles. The van der Waals surface area contributed by atoms with Gasteiger partial charge in [0.25, 0.3) is 0 Å². The number of primary amides is 1. The molecule has 0 rings (SSSR count). The number of rotatable bonds is 0. The highest BCUT2D eigenvalue weighted by Crippen LogP contribution is 1.50. The molecule has 0 aliphatic heterocycles. The molecule has 5 N–H and O–H groups in total. The quantitative estimate of drug-likeness (QED) is 0.136. The number of carbonyl (C=O) groups excluding carboxylic acids is 2. The molecule has 2 amide bonds. The first-order valence-corrected chi connectivity index (χ1v) is 1.49. The van der Waals surface area contributed by atoms with Gasteiger partial charge in [-0.1, -0.05) is 0 Å². The van der Waals surface area contributed by atoms with Crippen LogP contribution in [-0.2, 0) is 9.59 Å². The highest BCUT2D eigenvalue weighted by atomic mass is 16.2. The number of hydrazine groups is 1. The predicted octanol–water partition coefficient (Wildman–Crippen LogP) is -2.54. The van der Waals surface area contributed by atoms with Crippen LogP contribution in [0, 0.1) is 0 Å². The van der Waals surface area contributed by atoms with E-state index < -0.39 is 11.8 Å². The Bertz CT molecular complexity index is 99.1. The maximum atomic E-state index is 9.80. The number of carbonyl (C=O) groups is 2. The van der Waals surface area contributed by atoms with Crippen LogP contribution in [0.1, 0.15) is 0 Å². The molecule has 5 nitrogen and oxygen atoms in total. The lowest BCUT2D eigenvalue weighted by Crippen LogP contribution is -2.40. The molecular formula is C2H5N3O2. The molecule has 0 aliphatic rings. The van der Waals surface area contributed by atoms with Gasteiger partial charge in [-0.25, -0.2) is 5.84 Å². The van der Waals surface area contributed by atoms with Crippen molar-refractivity contribution in [3.63, 3.8) is 0 Å². The lowest BCUT2D eigenvalue weighted by molar-refractivity contribution is -0.137. The van der Waals surface area contributed by atoms with Crippen molar-refractivity contribution in [1.29, 1.82) is 0 Å². The van der Waals surface area contributed by atoms with Crippen molar-refractivity contribution in [2.45, 2.75) is 0 Å². The van der Waals surface area contributed by atoms with Crippen molar-refractivity contribution >= 4 is 11.8 Å². The first kappa shape index (κ1) is 5.90. The van der Waals surface area contributed by atoms with Gasteiger partial charge in [0.2, 0.25) is 0 Å². The van der Waals surface area contributed by atoms with Crippen molar-refractivity contribution < 1.29 is 9.59 Å². The fraction of sp³-hybridized carbons (Fsp3) is 0. The van der Waals surface area contributed by atoms with Gasteiger partial charge in [0.15, 0.2) is 0 Å². The zero-order valence-corrected chi connectivity index (χ0v) is 3.47. The summed E-state index contributed by atoms with van der Waals surface area (Å²) in [7, 11) is 0. The number of hydrogen-bond donors (Lipinski definition) is 3. The van der Waals surface area contributed by atoms with Crippen LogP contribution in [0.4, 0.5) is 0 Å². The number of hydrogen-bond acceptors (Lipinski definition) is 3. The maximum absolute atomic E-state index is 9.80. The summed E-state index contributed by atoms with van der Waals surface area (Å²) in [5, 5.41) is 0. The van der Waals surface area contributed by atoms with E-state index in [1.165, 1.54) is 0 Å². The van der Waals surface area contributed by atoms with Crippen LogP contribution >= 0.6 is 0 Å². The Hall–Kier alpha value is -1.10. The van der Waals surface area contributed by atoms with Crippen LogP contribution in [0.3, 0.4) is 0 Å². The SMILES string of the molecule is NNC(=O)C(N)=O. The average Bonchev–Trinajstić information content (AvgIpc) is 1.65. The zero-order chi connectivity index (χ0) is 5.86. The Morgan fingerprint density at radius 1 is 1.43 bits per heavy atom. The van der Waals surface area contributed by atoms with Crippen LogP contribution < -0.4 is 17.0 Å². The van der Waals surface area contributed by atoms with Crippen LogP contribution in [0.15, 0.2) is 0 Å². The van der Waals surface area contributed by atoms with Crippen molar-refractivity contribution in [2.24, 2.45) is 11.6 Å². The summed E-state index contributed by atoms with van der Waals surface area (Å²) < 4.78 is 0. The minimum atomic E-state index is -1.08. The summed E-state index contributed by atoms with van der Waals surface area (Å²) in [6.45, 7) is 0. The van der Waals surface area contributed by atoms with Gasteiger partial charge in [0, 0.05) is 0 Å². The van der Waals surface area contributed by atoms with Crippen molar-refractivity contribution in [1.82, 2.24) is 5.43 Å². The van der Waals surface area contributed by atoms with Gasteiger partial charge in [-0.3, -0.25) is 15.0 Å². The Morgan fingerprint density at radius 3 is 1.86 bits per heavy atom. The normalized spacial score (nSPS) is 7.57. The molecule has 0 heterocycles. The van der Waals surface area contributed by atoms with E-state index in [-0.39, 0.29) is 0 Å². The molecule has 0 aromatic rings. The summed E-state index contributed by atoms with van der Waals surface area (Å²) in [6, 6.07) is 0. The van der Waals surface area contributed by atoms with Crippen molar-refractivity contribution in [3.05, 3.63) is 0 Å². The Kier molecular flexibility index (Phi) is 1.80. The predicted molar refractivity (Wildman–Crippen MR) is 21.5 cm³/mol. The Morgan fingerprint density at radius 2 is 1.86 bits per heavy atom. The van der Waals surface area contributed by atoms with E-state index >= 15 is 0 Å². The largest absolute Gasteiger partial charge is 0.361 e. The summed E-state index contributed by atoms with van der Waals surface area (Å²) >= 11 is 0. The minimum absolute atomic E-state index is 0.986. The van der Waals surface area contributed by atoms with E-state index in [4.69, 9.17) is 0 Å². The maximum Gasteiger partial charge on any atom is 0.322 e. The van der Waals surface area contributed by atoms with Gasteiger partial charge in [-0.05, 0) is 0 Å². The fourth-order valence-electron chi connectivity index (χ4n) is 0.0711. The summed E-state index contributed by atoms with van der Waals surface area (Å²) in [5.74, 6) is 2.41. The van der Waals surface area contributed by atoms with Gasteiger partial charge < -0.3 is 5.73 Å². The molecule has 0 bridgehead atoms. The molecule has 0 fully saturated rings. The summed E-state index contributed by atoms with van der Waals surface area (Å²) in [4.78, 5) is 19.5.